The maximum Gasteiger partial charge on any atom is 0.276 e. The molecule has 5 aromatic rings. The molecule has 0 radical (unpaired) electrons. The third-order valence-electron chi connectivity index (χ3n) is 7.06. The Balaban J connectivity index is 1.15. The summed E-state index contributed by atoms with van der Waals surface area (Å²) < 4.78 is 13.1. The quantitative estimate of drug-likeness (QED) is 0.198. The molecular formula is C33H31N7O4. The first kappa shape index (κ1) is 28.3. The summed E-state index contributed by atoms with van der Waals surface area (Å²) in [6.45, 7) is 2.12. The molecule has 6 rings (SSSR count). The van der Waals surface area contributed by atoms with Crippen molar-refractivity contribution >= 4 is 28.9 Å². The Bertz CT molecular complexity index is 1770. The largest absolute Gasteiger partial charge is 0.493 e. The highest BCUT2D eigenvalue weighted by atomic mass is 16.5. The minimum atomic E-state index is -0.536. The summed E-state index contributed by atoms with van der Waals surface area (Å²) in [5.41, 5.74) is 8.51. The van der Waals surface area contributed by atoms with Crippen molar-refractivity contribution in [3.63, 3.8) is 0 Å². The zero-order chi connectivity index (χ0) is 30.5. The van der Waals surface area contributed by atoms with Crippen molar-refractivity contribution in [1.29, 1.82) is 0 Å². The third-order valence-corrected chi connectivity index (χ3v) is 7.06. The molecule has 4 aromatic carbocycles. The van der Waals surface area contributed by atoms with Crippen molar-refractivity contribution in [3.8, 4) is 11.5 Å². The number of rotatable bonds is 10. The van der Waals surface area contributed by atoms with Gasteiger partial charge in [-0.2, -0.15) is 0 Å². The number of methoxy groups -OCH3 is 1. The van der Waals surface area contributed by atoms with Gasteiger partial charge in [0.05, 0.1) is 24.6 Å². The lowest BCUT2D eigenvalue weighted by atomic mass is 10.0. The van der Waals surface area contributed by atoms with Gasteiger partial charge in [-0.1, -0.05) is 59.3 Å². The Labute approximate surface area is 254 Å². The molecule has 222 valence electrons. The molecule has 0 saturated heterocycles. The van der Waals surface area contributed by atoms with E-state index in [-0.39, 0.29) is 25.0 Å². The van der Waals surface area contributed by atoms with E-state index in [9.17, 15) is 9.59 Å². The molecule has 44 heavy (non-hydrogen) atoms. The average Bonchev–Trinajstić information content (AvgIpc) is 3.49. The van der Waals surface area contributed by atoms with E-state index < -0.39 is 6.17 Å². The second-order valence-corrected chi connectivity index (χ2v) is 10.3. The number of hydrogen-bond donors (Lipinski definition) is 3. The second kappa shape index (κ2) is 12.6. The Kier molecular flexibility index (Phi) is 8.08. The van der Waals surface area contributed by atoms with Gasteiger partial charge in [-0.15, -0.1) is 5.10 Å². The van der Waals surface area contributed by atoms with E-state index in [0.717, 1.165) is 28.2 Å². The Hall–Kier alpha value is -5.84. The van der Waals surface area contributed by atoms with Gasteiger partial charge in [-0.25, -0.2) is 9.69 Å². The molecule has 11 heteroatoms. The molecule has 0 spiro atoms. The lowest BCUT2D eigenvalue weighted by molar-refractivity contribution is -0.116. The van der Waals surface area contributed by atoms with Crippen molar-refractivity contribution in [2.24, 2.45) is 0 Å². The van der Waals surface area contributed by atoms with Gasteiger partial charge in [0.1, 0.15) is 25.0 Å². The number of carbonyl (C=O) groups is 2. The van der Waals surface area contributed by atoms with E-state index in [1.165, 1.54) is 4.68 Å². The molecule has 2 heterocycles. The van der Waals surface area contributed by atoms with Gasteiger partial charge in [0.25, 0.3) is 5.91 Å². The first-order valence-electron chi connectivity index (χ1n) is 14.0. The van der Waals surface area contributed by atoms with Crippen molar-refractivity contribution in [2.75, 3.05) is 23.2 Å². The Morgan fingerprint density at radius 3 is 2.50 bits per heavy atom. The number of fused-ring (bicyclic) bond motifs is 1. The highest BCUT2D eigenvalue weighted by Gasteiger charge is 2.34. The molecule has 0 fully saturated rings. The van der Waals surface area contributed by atoms with Crippen LogP contribution in [0, 0.1) is 6.92 Å². The van der Waals surface area contributed by atoms with Crippen molar-refractivity contribution in [1.82, 2.24) is 20.0 Å². The number of nitrogens with zero attached hydrogens (tertiary/aromatic N) is 4. The van der Waals surface area contributed by atoms with E-state index in [1.807, 2.05) is 91.9 Å². The lowest BCUT2D eigenvalue weighted by Gasteiger charge is -2.38. The fourth-order valence-corrected chi connectivity index (χ4v) is 4.85. The van der Waals surface area contributed by atoms with Gasteiger partial charge < -0.3 is 20.1 Å². The number of ether oxygens (including phenoxy) is 2. The van der Waals surface area contributed by atoms with E-state index >= 15 is 0 Å². The SMILES string of the molecule is COc1cc(C2Nc3ccccc3C(=O)N2Nc2ccccc2)ccc1OCc1cn(CC(=O)Nc2ccc(C)cc2)nn1. The monoisotopic (exact) mass is 589 g/mol. The lowest BCUT2D eigenvalue weighted by Crippen LogP contribution is -2.46. The minimum absolute atomic E-state index is 0.0165. The predicted molar refractivity (Wildman–Crippen MR) is 166 cm³/mol. The number of amides is 2. The van der Waals surface area contributed by atoms with Crippen LogP contribution < -0.4 is 25.5 Å². The van der Waals surface area contributed by atoms with Crippen LogP contribution in [0.4, 0.5) is 17.1 Å². The van der Waals surface area contributed by atoms with Crippen LogP contribution in [0.1, 0.15) is 33.3 Å². The van der Waals surface area contributed by atoms with E-state index in [0.29, 0.717) is 22.8 Å². The second-order valence-electron chi connectivity index (χ2n) is 10.3. The van der Waals surface area contributed by atoms with Crippen molar-refractivity contribution in [3.05, 3.63) is 126 Å². The van der Waals surface area contributed by atoms with Gasteiger partial charge in [0.15, 0.2) is 11.5 Å². The first-order valence-corrected chi connectivity index (χ1v) is 14.0. The molecule has 0 aliphatic carbocycles. The number of nitrogens with one attached hydrogen (secondary N) is 3. The third kappa shape index (κ3) is 6.31. The van der Waals surface area contributed by atoms with Crippen LogP contribution in [0.25, 0.3) is 0 Å². The molecule has 2 amide bonds. The summed E-state index contributed by atoms with van der Waals surface area (Å²) in [4.78, 5) is 26.0. The standard InChI is InChI=1S/C33H31N7O4/c1-22-12-15-24(16-13-22)34-31(41)20-39-19-26(36-38-39)21-44-29-17-14-23(18-30(29)43-2)32-35-28-11-7-6-10-27(28)33(42)40(32)37-25-8-4-3-5-9-25/h3-19,32,35,37H,20-21H2,1-2H3,(H,34,41). The van der Waals surface area contributed by atoms with Gasteiger partial charge in [-0.3, -0.25) is 15.0 Å². The van der Waals surface area contributed by atoms with Crippen LogP contribution in [0.15, 0.2) is 103 Å². The highest BCUT2D eigenvalue weighted by molar-refractivity contribution is 6.02. The van der Waals surface area contributed by atoms with Crippen LogP contribution in [0.2, 0.25) is 0 Å². The molecule has 1 aromatic heterocycles. The molecule has 1 unspecified atom stereocenters. The molecular weight excluding hydrogens is 558 g/mol. The van der Waals surface area contributed by atoms with Crippen molar-refractivity contribution < 1.29 is 19.1 Å². The maximum absolute atomic E-state index is 13.6. The summed E-state index contributed by atoms with van der Waals surface area (Å²) in [6, 6.07) is 30.0. The number of aromatic nitrogens is 3. The van der Waals surface area contributed by atoms with E-state index in [4.69, 9.17) is 9.47 Å². The molecule has 1 aliphatic rings. The van der Waals surface area contributed by atoms with Crippen LogP contribution >= 0.6 is 0 Å². The molecule has 11 nitrogen and oxygen atoms in total. The molecule has 0 saturated carbocycles. The summed E-state index contributed by atoms with van der Waals surface area (Å²) in [5, 5.41) is 16.1. The van der Waals surface area contributed by atoms with Crippen LogP contribution in [-0.4, -0.2) is 38.9 Å². The molecule has 0 bridgehead atoms. The number of anilines is 3. The normalized spacial score (nSPS) is 13.9. The maximum atomic E-state index is 13.6. The summed E-state index contributed by atoms with van der Waals surface area (Å²) in [6.07, 6.45) is 1.13. The number of hydrogen-bond acceptors (Lipinski definition) is 8. The number of para-hydroxylation sites is 2. The topological polar surface area (TPSA) is 123 Å². The molecule has 1 atom stereocenters. The highest BCUT2D eigenvalue weighted by Crippen LogP contribution is 2.37. The van der Waals surface area contributed by atoms with Gasteiger partial charge in [-0.05, 0) is 55.5 Å². The van der Waals surface area contributed by atoms with Crippen LogP contribution in [0.5, 0.6) is 11.5 Å². The minimum Gasteiger partial charge on any atom is -0.493 e. The fourth-order valence-electron chi connectivity index (χ4n) is 4.85. The number of benzene rings is 4. The summed E-state index contributed by atoms with van der Waals surface area (Å²) >= 11 is 0. The summed E-state index contributed by atoms with van der Waals surface area (Å²) in [5.74, 6) is 0.605. The zero-order valence-electron chi connectivity index (χ0n) is 24.2. The van der Waals surface area contributed by atoms with Crippen LogP contribution in [0.3, 0.4) is 0 Å². The zero-order valence-corrected chi connectivity index (χ0v) is 24.2. The average molecular weight is 590 g/mol. The first-order chi connectivity index (χ1) is 21.5. The van der Waals surface area contributed by atoms with Gasteiger partial charge in [0, 0.05) is 16.9 Å². The van der Waals surface area contributed by atoms with E-state index in [1.54, 1.807) is 30.4 Å². The van der Waals surface area contributed by atoms with Crippen molar-refractivity contribution in [2.45, 2.75) is 26.2 Å². The summed E-state index contributed by atoms with van der Waals surface area (Å²) in [7, 11) is 1.56. The molecule has 3 N–H and O–H groups in total. The molecule has 1 aliphatic heterocycles. The predicted octanol–water partition coefficient (Wildman–Crippen LogP) is 5.41. The smallest absolute Gasteiger partial charge is 0.276 e. The van der Waals surface area contributed by atoms with Gasteiger partial charge in [0.2, 0.25) is 5.91 Å². The fraction of sp³-hybridized carbons (Fsp3) is 0.152. The Morgan fingerprint density at radius 1 is 0.932 bits per heavy atom. The van der Waals surface area contributed by atoms with Gasteiger partial charge >= 0.3 is 0 Å². The number of hydrazine groups is 1. The Morgan fingerprint density at radius 2 is 1.70 bits per heavy atom. The number of aryl methyl sites for hydroxylation is 1. The number of carbonyl (C=O) groups excluding carboxylic acids is 2. The van der Waals surface area contributed by atoms with Crippen LogP contribution in [-0.2, 0) is 17.9 Å². The van der Waals surface area contributed by atoms with E-state index in [2.05, 4.69) is 26.4 Å².